The number of hydrogen-bond donors (Lipinski definition) is 1. The van der Waals surface area contributed by atoms with E-state index in [0.29, 0.717) is 22.2 Å². The first-order chi connectivity index (χ1) is 12.0. The summed E-state index contributed by atoms with van der Waals surface area (Å²) in [6.45, 7) is 0. The van der Waals surface area contributed by atoms with Gasteiger partial charge in [0.05, 0.1) is 6.21 Å². The molecular formula is C17H12Cl2N4OS. The highest BCUT2D eigenvalue weighted by atomic mass is 35.5. The third kappa shape index (κ3) is 4.42. The summed E-state index contributed by atoms with van der Waals surface area (Å²) in [4.78, 5) is 12.6. The third-order valence-electron chi connectivity index (χ3n) is 3.40. The van der Waals surface area contributed by atoms with Crippen LogP contribution in [-0.4, -0.2) is 21.1 Å². The Bertz CT molecular complexity index is 1020. The van der Waals surface area contributed by atoms with Crippen LogP contribution in [0.2, 0.25) is 10.0 Å². The van der Waals surface area contributed by atoms with Crippen LogP contribution in [0, 0.1) is 4.77 Å². The van der Waals surface area contributed by atoms with Gasteiger partial charge < -0.3 is 0 Å². The molecule has 0 radical (unpaired) electrons. The maximum atomic E-state index is 12.6. The molecule has 0 bridgehead atoms. The Morgan fingerprint density at radius 2 is 1.68 bits per heavy atom. The second-order valence-electron chi connectivity index (χ2n) is 5.19. The monoisotopic (exact) mass is 390 g/mol. The zero-order valence-electron chi connectivity index (χ0n) is 12.8. The van der Waals surface area contributed by atoms with Crippen LogP contribution >= 0.6 is 35.4 Å². The van der Waals surface area contributed by atoms with Crippen LogP contribution in [0.5, 0.6) is 0 Å². The molecule has 25 heavy (non-hydrogen) atoms. The summed E-state index contributed by atoms with van der Waals surface area (Å²) in [6.07, 6.45) is 1.88. The Balaban J connectivity index is 1.92. The lowest BCUT2D eigenvalue weighted by atomic mass is 10.1. The molecule has 8 heteroatoms. The van der Waals surface area contributed by atoms with Crippen molar-refractivity contribution in [3.63, 3.8) is 0 Å². The van der Waals surface area contributed by atoms with Gasteiger partial charge in [0.2, 0.25) is 4.77 Å². The second kappa shape index (κ2) is 7.74. The van der Waals surface area contributed by atoms with E-state index in [-0.39, 0.29) is 10.3 Å². The van der Waals surface area contributed by atoms with Crippen molar-refractivity contribution in [3.8, 4) is 0 Å². The topological polar surface area (TPSA) is 63.0 Å². The maximum absolute atomic E-state index is 12.6. The Labute approximate surface area is 158 Å². The number of benzene rings is 2. The molecule has 1 aromatic heterocycles. The first kappa shape index (κ1) is 17.5. The maximum Gasteiger partial charge on any atom is 0.297 e. The van der Waals surface area contributed by atoms with E-state index in [0.717, 1.165) is 15.8 Å². The molecule has 0 aliphatic carbocycles. The second-order valence-corrected chi connectivity index (χ2v) is 6.45. The zero-order chi connectivity index (χ0) is 17.8. The highest BCUT2D eigenvalue weighted by Crippen LogP contribution is 2.11. The Hall–Kier alpha value is -2.28. The fourth-order valence-corrected chi connectivity index (χ4v) is 2.54. The van der Waals surface area contributed by atoms with Crippen LogP contribution in [0.4, 0.5) is 0 Å². The minimum atomic E-state index is -0.371. The van der Waals surface area contributed by atoms with E-state index in [1.807, 2.05) is 12.1 Å². The fraction of sp³-hybridized carbons (Fsp3) is 0.0588. The van der Waals surface area contributed by atoms with Gasteiger partial charge in [-0.25, -0.2) is 0 Å². The molecule has 0 saturated carbocycles. The molecular weight excluding hydrogens is 379 g/mol. The first-order valence-electron chi connectivity index (χ1n) is 7.28. The molecule has 0 saturated heterocycles. The fourth-order valence-electron chi connectivity index (χ4n) is 2.11. The van der Waals surface area contributed by atoms with E-state index in [2.05, 4.69) is 15.3 Å². The van der Waals surface area contributed by atoms with Gasteiger partial charge in [0.15, 0.2) is 0 Å². The number of aromatic nitrogens is 3. The van der Waals surface area contributed by atoms with Crippen LogP contribution in [0.1, 0.15) is 16.8 Å². The predicted octanol–water partition coefficient (Wildman–Crippen LogP) is 4.08. The highest BCUT2D eigenvalue weighted by Gasteiger charge is 2.08. The van der Waals surface area contributed by atoms with Gasteiger partial charge in [0, 0.05) is 16.5 Å². The zero-order valence-corrected chi connectivity index (χ0v) is 15.1. The molecule has 1 heterocycles. The van der Waals surface area contributed by atoms with Crippen LogP contribution in [0.3, 0.4) is 0 Å². The van der Waals surface area contributed by atoms with Crippen LogP contribution in [-0.2, 0) is 6.42 Å². The van der Waals surface area contributed by atoms with Gasteiger partial charge in [-0.2, -0.15) is 14.9 Å². The lowest BCUT2D eigenvalue weighted by Gasteiger charge is -2.03. The summed E-state index contributed by atoms with van der Waals surface area (Å²) in [5, 5.41) is 12.1. The van der Waals surface area contributed by atoms with Crippen LogP contribution in [0.15, 0.2) is 58.4 Å². The van der Waals surface area contributed by atoms with E-state index in [1.165, 1.54) is 6.21 Å². The van der Waals surface area contributed by atoms with Crippen molar-refractivity contribution in [1.82, 2.24) is 14.9 Å². The van der Waals surface area contributed by atoms with Gasteiger partial charge in [-0.3, -0.25) is 9.89 Å². The number of hydrogen-bond acceptors (Lipinski definition) is 4. The minimum Gasteiger partial charge on any atom is -0.265 e. The summed E-state index contributed by atoms with van der Waals surface area (Å²) in [5.41, 5.74) is 1.64. The molecule has 0 spiro atoms. The van der Waals surface area contributed by atoms with Crippen molar-refractivity contribution in [1.29, 1.82) is 0 Å². The molecule has 0 fully saturated rings. The first-order valence-corrected chi connectivity index (χ1v) is 8.44. The molecule has 0 atom stereocenters. The molecule has 0 aliphatic rings. The van der Waals surface area contributed by atoms with Crippen molar-refractivity contribution in [3.05, 3.63) is 90.5 Å². The van der Waals surface area contributed by atoms with Crippen molar-refractivity contribution >= 4 is 41.6 Å². The van der Waals surface area contributed by atoms with E-state index >= 15 is 0 Å². The summed E-state index contributed by atoms with van der Waals surface area (Å²) < 4.78 is 1.23. The number of nitrogens with one attached hydrogen (secondary N) is 1. The Kier molecular flexibility index (Phi) is 5.43. The lowest BCUT2D eigenvalue weighted by Crippen LogP contribution is -2.25. The summed E-state index contributed by atoms with van der Waals surface area (Å²) in [5.74, 6) is 0. The van der Waals surface area contributed by atoms with E-state index in [9.17, 15) is 4.79 Å². The van der Waals surface area contributed by atoms with E-state index in [1.54, 1.807) is 36.4 Å². The van der Waals surface area contributed by atoms with E-state index < -0.39 is 0 Å². The molecule has 0 unspecified atom stereocenters. The largest absolute Gasteiger partial charge is 0.297 e. The standard InChI is InChI=1S/C17H12Cl2N4OS/c18-13-5-1-11(2-6-13)9-15-16(24)23(17(25)22-21-15)20-10-12-3-7-14(19)8-4-12/h1-8,10H,9H2,(H,22,25)/b20-10+. The smallest absolute Gasteiger partial charge is 0.265 e. The summed E-state index contributed by atoms with van der Waals surface area (Å²) in [7, 11) is 0. The molecule has 1 N–H and O–H groups in total. The summed E-state index contributed by atoms with van der Waals surface area (Å²) >= 11 is 16.8. The minimum absolute atomic E-state index is 0.120. The molecule has 0 amide bonds. The van der Waals surface area contributed by atoms with Gasteiger partial charge in [0.25, 0.3) is 5.56 Å². The van der Waals surface area contributed by atoms with Crippen molar-refractivity contribution in [2.45, 2.75) is 6.42 Å². The molecule has 126 valence electrons. The van der Waals surface area contributed by atoms with Crippen LogP contribution < -0.4 is 5.56 Å². The van der Waals surface area contributed by atoms with Crippen LogP contribution in [0.25, 0.3) is 0 Å². The highest BCUT2D eigenvalue weighted by molar-refractivity contribution is 7.71. The summed E-state index contributed by atoms with van der Waals surface area (Å²) in [6, 6.07) is 14.3. The van der Waals surface area contributed by atoms with Gasteiger partial charge in [-0.1, -0.05) is 47.5 Å². The molecule has 2 aromatic carbocycles. The molecule has 5 nitrogen and oxygen atoms in total. The average Bonchev–Trinajstić information content (AvgIpc) is 2.61. The SMILES string of the molecule is O=c1c(Cc2ccc(Cl)cc2)n[nH]c(=S)n1/N=C/c1ccc(Cl)cc1. The third-order valence-corrected chi connectivity index (χ3v) is 4.16. The van der Waals surface area contributed by atoms with Gasteiger partial charge >= 0.3 is 0 Å². The normalized spacial score (nSPS) is 11.1. The van der Waals surface area contributed by atoms with Gasteiger partial charge in [0.1, 0.15) is 5.69 Å². The molecule has 3 aromatic rings. The predicted molar refractivity (Wildman–Crippen MR) is 102 cm³/mol. The quantitative estimate of drug-likeness (QED) is 0.539. The molecule has 0 aliphatic heterocycles. The lowest BCUT2D eigenvalue weighted by molar-refractivity contribution is 0.710. The molecule has 3 rings (SSSR count). The van der Waals surface area contributed by atoms with Crippen molar-refractivity contribution in [2.24, 2.45) is 5.10 Å². The number of H-pyrrole nitrogens is 1. The van der Waals surface area contributed by atoms with Crippen molar-refractivity contribution < 1.29 is 0 Å². The van der Waals surface area contributed by atoms with Gasteiger partial charge in [-0.05, 0) is 47.6 Å². The average molecular weight is 391 g/mol. The van der Waals surface area contributed by atoms with Crippen molar-refractivity contribution in [2.75, 3.05) is 0 Å². The number of halogens is 2. The number of rotatable bonds is 4. The number of nitrogens with zero attached hydrogens (tertiary/aromatic N) is 3. The number of aromatic amines is 1. The Morgan fingerprint density at radius 3 is 2.32 bits per heavy atom. The van der Waals surface area contributed by atoms with Gasteiger partial charge in [-0.15, -0.1) is 0 Å². The Morgan fingerprint density at radius 1 is 1.08 bits per heavy atom. The van der Waals surface area contributed by atoms with E-state index in [4.69, 9.17) is 35.4 Å².